The summed E-state index contributed by atoms with van der Waals surface area (Å²) >= 11 is 0. The molecule has 0 fully saturated rings. The van der Waals surface area contributed by atoms with Gasteiger partial charge in [-0.3, -0.25) is 9.28 Å². The van der Waals surface area contributed by atoms with Crippen LogP contribution in [0.1, 0.15) is 6.92 Å². The molecule has 3 heteroatoms. The van der Waals surface area contributed by atoms with Gasteiger partial charge in [0.2, 0.25) is 0 Å². The van der Waals surface area contributed by atoms with Crippen LogP contribution in [0.15, 0.2) is 0 Å². The van der Waals surface area contributed by atoms with Gasteiger partial charge >= 0.3 is 6.41 Å². The Morgan fingerprint density at radius 3 is 2.11 bits per heavy atom. The molecule has 3 nitrogen and oxygen atoms in total. The molecule has 0 heterocycles. The molecule has 0 aliphatic rings. The van der Waals surface area contributed by atoms with E-state index in [4.69, 9.17) is 0 Å². The fourth-order valence-electron chi connectivity index (χ4n) is 0.611. The van der Waals surface area contributed by atoms with E-state index in [1.165, 1.54) is 6.92 Å². The van der Waals surface area contributed by atoms with Crippen LogP contribution in [-0.4, -0.2) is 37.3 Å². The SMILES string of the molecule is CC(=O)C[N+](C)(C)C=O. The molecule has 52 valence electrons. The number of amides is 1. The lowest BCUT2D eigenvalue weighted by molar-refractivity contribution is -0.795. The molecule has 0 spiro atoms. The van der Waals surface area contributed by atoms with Gasteiger partial charge in [-0.15, -0.1) is 0 Å². The predicted octanol–water partition coefficient (Wildman–Crippen LogP) is -0.192. The second kappa shape index (κ2) is 2.73. The Labute approximate surface area is 54.9 Å². The fraction of sp³-hybridized carbons (Fsp3) is 0.667. The molecule has 0 saturated heterocycles. The number of carbonyl (C=O) groups excluding carboxylic acids is 2. The van der Waals surface area contributed by atoms with Gasteiger partial charge in [0.25, 0.3) is 0 Å². The van der Waals surface area contributed by atoms with Crippen LogP contribution < -0.4 is 0 Å². The Morgan fingerprint density at radius 1 is 1.56 bits per heavy atom. The Balaban J connectivity index is 3.86. The zero-order valence-electron chi connectivity index (χ0n) is 6.05. The number of nitrogens with zero attached hydrogens (tertiary/aromatic N) is 1. The topological polar surface area (TPSA) is 34.1 Å². The molecule has 0 N–H and O–H groups in total. The van der Waals surface area contributed by atoms with Gasteiger partial charge in [-0.2, -0.15) is 0 Å². The van der Waals surface area contributed by atoms with Crippen molar-refractivity contribution in [3.8, 4) is 0 Å². The maximum Gasteiger partial charge on any atom is 0.301 e. The van der Waals surface area contributed by atoms with Crippen LogP contribution in [0.4, 0.5) is 0 Å². The Bertz CT molecular complexity index is 129. The number of rotatable bonds is 3. The quantitative estimate of drug-likeness (QED) is 0.392. The number of hydrogen-bond acceptors (Lipinski definition) is 2. The first kappa shape index (κ1) is 8.30. The molecule has 0 bridgehead atoms. The van der Waals surface area contributed by atoms with Gasteiger partial charge in [0.1, 0.15) is 6.54 Å². The average molecular weight is 130 g/mol. The summed E-state index contributed by atoms with van der Waals surface area (Å²) in [6, 6.07) is 0. The maximum atomic E-state index is 10.4. The predicted molar refractivity (Wildman–Crippen MR) is 33.7 cm³/mol. The number of likely N-dealkylation sites (N-methyl/N-ethyl adjacent to an activating group) is 1. The van der Waals surface area contributed by atoms with Crippen LogP contribution in [0.3, 0.4) is 0 Å². The third kappa shape index (κ3) is 3.85. The summed E-state index contributed by atoms with van der Waals surface area (Å²) in [5.74, 6) is 0.0344. The highest BCUT2D eigenvalue weighted by Gasteiger charge is 2.14. The number of Topliss-reactive ketones (excluding diaryl/α,β-unsaturated/α-hetero) is 1. The van der Waals surface area contributed by atoms with E-state index in [1.807, 2.05) is 0 Å². The molecule has 0 unspecified atom stereocenters. The van der Waals surface area contributed by atoms with Gasteiger partial charge in [-0.05, 0) is 0 Å². The maximum absolute atomic E-state index is 10.4. The highest BCUT2D eigenvalue weighted by Crippen LogP contribution is 1.89. The fourth-order valence-corrected chi connectivity index (χ4v) is 0.611. The van der Waals surface area contributed by atoms with E-state index in [1.54, 1.807) is 14.1 Å². The summed E-state index contributed by atoms with van der Waals surface area (Å²) in [6.45, 7) is 1.76. The van der Waals surface area contributed by atoms with Gasteiger partial charge in [0.15, 0.2) is 5.78 Å². The van der Waals surface area contributed by atoms with Gasteiger partial charge in [0, 0.05) is 6.92 Å². The van der Waals surface area contributed by atoms with Crippen molar-refractivity contribution < 1.29 is 14.1 Å². The molecule has 0 aromatic rings. The van der Waals surface area contributed by atoms with Crippen molar-refractivity contribution in [1.82, 2.24) is 0 Å². The first-order valence-corrected chi connectivity index (χ1v) is 2.76. The third-order valence-corrected chi connectivity index (χ3v) is 0.916. The summed E-state index contributed by atoms with van der Waals surface area (Å²) in [5.41, 5.74) is 0. The van der Waals surface area contributed by atoms with Crippen LogP contribution in [0.2, 0.25) is 0 Å². The molecule has 0 aliphatic heterocycles. The molecule has 1 amide bonds. The number of quaternary nitrogens is 1. The first-order chi connectivity index (χ1) is 3.98. The zero-order valence-corrected chi connectivity index (χ0v) is 6.05. The van der Waals surface area contributed by atoms with E-state index in [2.05, 4.69) is 0 Å². The molecule has 0 rings (SSSR count). The van der Waals surface area contributed by atoms with Crippen molar-refractivity contribution in [2.45, 2.75) is 6.92 Å². The lowest BCUT2D eigenvalue weighted by atomic mass is 10.4. The molecule has 9 heavy (non-hydrogen) atoms. The molecule has 0 saturated carbocycles. The van der Waals surface area contributed by atoms with Crippen molar-refractivity contribution in [3.05, 3.63) is 0 Å². The molecule has 0 atom stereocenters. The van der Waals surface area contributed by atoms with Crippen molar-refractivity contribution >= 4 is 12.2 Å². The van der Waals surface area contributed by atoms with Gasteiger partial charge in [-0.1, -0.05) is 0 Å². The largest absolute Gasteiger partial charge is 0.301 e. The highest BCUT2D eigenvalue weighted by atomic mass is 16.2. The van der Waals surface area contributed by atoms with Gasteiger partial charge in [-0.25, -0.2) is 4.79 Å². The molecule has 0 radical (unpaired) electrons. The zero-order chi connectivity index (χ0) is 7.49. The normalized spacial score (nSPS) is 11.0. The minimum absolute atomic E-state index is 0.0344. The second-order valence-corrected chi connectivity index (χ2v) is 2.74. The lowest BCUT2D eigenvalue weighted by Gasteiger charge is -2.18. The van der Waals surface area contributed by atoms with E-state index < -0.39 is 0 Å². The lowest BCUT2D eigenvalue weighted by Crippen LogP contribution is -2.41. The standard InChI is InChI=1S/C6H12NO2/c1-6(9)4-7(2,3)5-8/h5H,4H2,1-3H3/q+1. The summed E-state index contributed by atoms with van der Waals surface area (Å²) < 4.78 is 0.120. The van der Waals surface area contributed by atoms with Crippen molar-refractivity contribution in [2.75, 3.05) is 20.6 Å². The molecular weight excluding hydrogens is 118 g/mol. The second-order valence-electron chi connectivity index (χ2n) is 2.74. The van der Waals surface area contributed by atoms with Crippen molar-refractivity contribution in [2.24, 2.45) is 0 Å². The van der Waals surface area contributed by atoms with Gasteiger partial charge < -0.3 is 0 Å². The summed E-state index contributed by atoms with van der Waals surface area (Å²) in [6.07, 6.45) is 0.751. The van der Waals surface area contributed by atoms with Crippen LogP contribution in [0, 0.1) is 0 Å². The number of carbonyl (C=O) groups is 2. The van der Waals surface area contributed by atoms with E-state index in [0.717, 1.165) is 6.41 Å². The Kier molecular flexibility index (Phi) is 2.52. The van der Waals surface area contributed by atoms with Crippen LogP contribution >= 0.6 is 0 Å². The van der Waals surface area contributed by atoms with E-state index in [9.17, 15) is 9.59 Å². The van der Waals surface area contributed by atoms with Crippen LogP contribution in [0.5, 0.6) is 0 Å². The minimum atomic E-state index is 0.0344. The van der Waals surface area contributed by atoms with E-state index in [-0.39, 0.29) is 16.8 Å². The Hall–Kier alpha value is -0.700. The smallest absolute Gasteiger partial charge is 0.294 e. The molecule has 0 aromatic heterocycles. The van der Waals surface area contributed by atoms with E-state index in [0.29, 0.717) is 0 Å². The Morgan fingerprint density at radius 2 is 2.00 bits per heavy atom. The van der Waals surface area contributed by atoms with Crippen molar-refractivity contribution in [3.63, 3.8) is 0 Å². The third-order valence-electron chi connectivity index (χ3n) is 0.916. The summed E-state index contributed by atoms with van der Waals surface area (Å²) in [4.78, 5) is 20.6. The van der Waals surface area contributed by atoms with Gasteiger partial charge in [0.05, 0.1) is 14.1 Å². The monoisotopic (exact) mass is 130 g/mol. The first-order valence-electron chi connectivity index (χ1n) is 2.76. The average Bonchev–Trinajstić information content (AvgIpc) is 1.63. The molecule has 0 aliphatic carbocycles. The molecular formula is C6H12NO2+. The highest BCUT2D eigenvalue weighted by molar-refractivity contribution is 5.77. The minimum Gasteiger partial charge on any atom is -0.294 e. The summed E-state index contributed by atoms with van der Waals surface area (Å²) in [5, 5.41) is 0. The molecule has 0 aromatic carbocycles. The van der Waals surface area contributed by atoms with Crippen LogP contribution in [0.25, 0.3) is 0 Å². The number of ketones is 1. The summed E-state index contributed by atoms with van der Waals surface area (Å²) in [7, 11) is 3.38. The number of hydrogen-bond donors (Lipinski definition) is 0. The van der Waals surface area contributed by atoms with Crippen LogP contribution in [-0.2, 0) is 9.59 Å². The van der Waals surface area contributed by atoms with Crippen molar-refractivity contribution in [1.29, 1.82) is 0 Å². The van der Waals surface area contributed by atoms with E-state index >= 15 is 0 Å².